The molecule has 1 aliphatic rings. The standard InChI is InChI=1S/C26H25NO4/c1-3-30-20-11-9-18(10-12-20)15-24-25(29)21-13-14-23(28)22(26(21)31-24)17-27(2)16-19-7-5-4-6-8-19/h4-15,28H,3,16-17H2,1-2H3/b24-15-. The summed E-state index contributed by atoms with van der Waals surface area (Å²) >= 11 is 0. The first-order valence-electron chi connectivity index (χ1n) is 10.3. The van der Waals surface area contributed by atoms with Gasteiger partial charge in [0.1, 0.15) is 17.2 Å². The van der Waals surface area contributed by atoms with Gasteiger partial charge in [-0.2, -0.15) is 0 Å². The third kappa shape index (κ3) is 4.62. The Morgan fingerprint density at radius 1 is 1.00 bits per heavy atom. The molecule has 0 unspecified atom stereocenters. The first kappa shape index (κ1) is 20.7. The second kappa shape index (κ2) is 9.06. The van der Waals surface area contributed by atoms with E-state index in [-0.39, 0.29) is 17.3 Å². The quantitative estimate of drug-likeness (QED) is 0.548. The number of fused-ring (bicyclic) bond motifs is 1. The van der Waals surface area contributed by atoms with Gasteiger partial charge in [0.25, 0.3) is 0 Å². The molecule has 4 rings (SSSR count). The number of ether oxygens (including phenoxy) is 2. The van der Waals surface area contributed by atoms with Gasteiger partial charge >= 0.3 is 0 Å². The highest BCUT2D eigenvalue weighted by Gasteiger charge is 2.31. The number of nitrogens with zero attached hydrogens (tertiary/aromatic N) is 1. The van der Waals surface area contributed by atoms with E-state index in [9.17, 15) is 9.90 Å². The van der Waals surface area contributed by atoms with E-state index in [1.165, 1.54) is 5.56 Å². The zero-order valence-corrected chi connectivity index (χ0v) is 17.7. The van der Waals surface area contributed by atoms with E-state index < -0.39 is 0 Å². The molecule has 5 nitrogen and oxygen atoms in total. The number of hydrogen-bond donors (Lipinski definition) is 1. The summed E-state index contributed by atoms with van der Waals surface area (Å²) in [6, 6.07) is 20.8. The van der Waals surface area contributed by atoms with Gasteiger partial charge in [-0.3, -0.25) is 9.69 Å². The highest BCUT2D eigenvalue weighted by molar-refractivity contribution is 6.15. The molecule has 0 aromatic heterocycles. The third-order valence-electron chi connectivity index (χ3n) is 5.13. The Bertz CT molecular complexity index is 1100. The summed E-state index contributed by atoms with van der Waals surface area (Å²) in [7, 11) is 1.97. The predicted octanol–water partition coefficient (Wildman–Crippen LogP) is 5.04. The zero-order valence-electron chi connectivity index (χ0n) is 17.7. The monoisotopic (exact) mass is 415 g/mol. The van der Waals surface area contributed by atoms with Crippen molar-refractivity contribution in [2.75, 3.05) is 13.7 Å². The molecule has 0 atom stereocenters. The summed E-state index contributed by atoms with van der Waals surface area (Å²) < 4.78 is 11.4. The Balaban J connectivity index is 1.56. The highest BCUT2D eigenvalue weighted by atomic mass is 16.5. The molecule has 0 saturated carbocycles. The lowest BCUT2D eigenvalue weighted by Gasteiger charge is -2.19. The van der Waals surface area contributed by atoms with E-state index in [1.807, 2.05) is 56.4 Å². The first-order chi connectivity index (χ1) is 15.0. The van der Waals surface area contributed by atoms with Gasteiger partial charge in [-0.05, 0) is 55.4 Å². The molecule has 0 bridgehead atoms. The minimum absolute atomic E-state index is 0.119. The smallest absolute Gasteiger partial charge is 0.231 e. The second-order valence-electron chi connectivity index (χ2n) is 7.54. The van der Waals surface area contributed by atoms with Crippen molar-refractivity contribution < 1.29 is 19.4 Å². The number of Topliss-reactive ketones (excluding diaryl/α,β-unsaturated/α-hetero) is 1. The van der Waals surface area contributed by atoms with Crippen LogP contribution in [0.1, 0.15) is 34.0 Å². The largest absolute Gasteiger partial charge is 0.507 e. The Labute approximate surface area is 182 Å². The number of carbonyl (C=O) groups excluding carboxylic acids is 1. The molecule has 1 N–H and O–H groups in total. The van der Waals surface area contributed by atoms with Crippen LogP contribution < -0.4 is 9.47 Å². The Morgan fingerprint density at radius 3 is 2.45 bits per heavy atom. The fraction of sp³-hybridized carbons (Fsp3) is 0.192. The molecule has 0 fully saturated rings. The van der Waals surface area contributed by atoms with Gasteiger partial charge in [-0.1, -0.05) is 42.5 Å². The predicted molar refractivity (Wildman–Crippen MR) is 120 cm³/mol. The van der Waals surface area contributed by atoms with Gasteiger partial charge in [0.2, 0.25) is 5.78 Å². The van der Waals surface area contributed by atoms with E-state index >= 15 is 0 Å². The lowest BCUT2D eigenvalue weighted by atomic mass is 10.0. The molecule has 1 heterocycles. The number of phenolic OH excluding ortho intramolecular Hbond substituents is 1. The van der Waals surface area contributed by atoms with Crippen LogP contribution in [0.15, 0.2) is 72.5 Å². The number of aromatic hydroxyl groups is 1. The molecule has 0 aliphatic carbocycles. The van der Waals surface area contributed by atoms with Crippen molar-refractivity contribution in [1.29, 1.82) is 0 Å². The molecule has 1 aliphatic heterocycles. The van der Waals surface area contributed by atoms with E-state index in [0.717, 1.165) is 11.3 Å². The number of ketones is 1. The number of phenols is 1. The molecule has 0 amide bonds. The van der Waals surface area contributed by atoms with Gasteiger partial charge in [-0.15, -0.1) is 0 Å². The minimum atomic E-state index is -0.184. The van der Waals surface area contributed by atoms with Crippen LogP contribution in [0.5, 0.6) is 17.2 Å². The summed E-state index contributed by atoms with van der Waals surface area (Å²) in [5, 5.41) is 10.5. The fourth-order valence-electron chi connectivity index (χ4n) is 3.65. The highest BCUT2D eigenvalue weighted by Crippen LogP contribution is 2.40. The van der Waals surface area contributed by atoms with Crippen molar-refractivity contribution in [3.8, 4) is 17.2 Å². The van der Waals surface area contributed by atoms with Crippen molar-refractivity contribution >= 4 is 11.9 Å². The van der Waals surface area contributed by atoms with Crippen LogP contribution in [0.4, 0.5) is 0 Å². The number of hydrogen-bond acceptors (Lipinski definition) is 5. The van der Waals surface area contributed by atoms with E-state index in [4.69, 9.17) is 9.47 Å². The van der Waals surface area contributed by atoms with E-state index in [2.05, 4.69) is 17.0 Å². The first-order valence-corrected chi connectivity index (χ1v) is 10.3. The molecule has 5 heteroatoms. The van der Waals surface area contributed by atoms with Gasteiger partial charge in [0, 0.05) is 13.1 Å². The maximum absolute atomic E-state index is 12.9. The number of benzene rings is 3. The van der Waals surface area contributed by atoms with Crippen molar-refractivity contribution in [3.05, 3.63) is 94.7 Å². The van der Waals surface area contributed by atoms with Crippen LogP contribution >= 0.6 is 0 Å². The maximum atomic E-state index is 12.9. The van der Waals surface area contributed by atoms with E-state index in [1.54, 1.807) is 18.2 Å². The average Bonchev–Trinajstić information content (AvgIpc) is 3.08. The SMILES string of the molecule is CCOc1ccc(/C=C2\Oc3c(ccc(O)c3CN(C)Cc3ccccc3)C2=O)cc1. The molecule has 3 aromatic rings. The molecule has 3 aromatic carbocycles. The Morgan fingerprint density at radius 2 is 1.74 bits per heavy atom. The number of carbonyl (C=O) groups is 1. The summed E-state index contributed by atoms with van der Waals surface area (Å²) in [6.07, 6.45) is 1.71. The summed E-state index contributed by atoms with van der Waals surface area (Å²) in [4.78, 5) is 15.0. The Hall–Kier alpha value is -3.57. The van der Waals surface area contributed by atoms with Crippen LogP contribution in [0, 0.1) is 0 Å². The number of rotatable bonds is 7. The molecular formula is C26H25NO4. The van der Waals surface area contributed by atoms with Crippen LogP contribution in [-0.2, 0) is 13.1 Å². The number of allylic oxidation sites excluding steroid dienone is 1. The lowest BCUT2D eigenvalue weighted by Crippen LogP contribution is -2.17. The normalized spacial score (nSPS) is 14.0. The second-order valence-corrected chi connectivity index (χ2v) is 7.54. The third-order valence-corrected chi connectivity index (χ3v) is 5.13. The molecule has 0 spiro atoms. The zero-order chi connectivity index (χ0) is 21.8. The summed E-state index contributed by atoms with van der Waals surface area (Å²) in [5.74, 6) is 1.39. The average molecular weight is 415 g/mol. The van der Waals surface area contributed by atoms with Crippen LogP contribution in [0.3, 0.4) is 0 Å². The van der Waals surface area contributed by atoms with Crippen molar-refractivity contribution in [3.63, 3.8) is 0 Å². The molecular weight excluding hydrogens is 390 g/mol. The van der Waals surface area contributed by atoms with Gasteiger partial charge in [-0.25, -0.2) is 0 Å². The topological polar surface area (TPSA) is 59.0 Å². The summed E-state index contributed by atoms with van der Waals surface area (Å²) in [6.45, 7) is 3.70. The van der Waals surface area contributed by atoms with Crippen LogP contribution in [-0.4, -0.2) is 29.4 Å². The molecule has 0 saturated heterocycles. The minimum Gasteiger partial charge on any atom is -0.507 e. The van der Waals surface area contributed by atoms with Gasteiger partial charge in [0.15, 0.2) is 5.76 Å². The van der Waals surface area contributed by atoms with Gasteiger partial charge < -0.3 is 14.6 Å². The van der Waals surface area contributed by atoms with Crippen LogP contribution in [0.25, 0.3) is 6.08 Å². The molecule has 158 valence electrons. The fourth-order valence-corrected chi connectivity index (χ4v) is 3.65. The lowest BCUT2D eigenvalue weighted by molar-refractivity contribution is 0.101. The molecule has 0 radical (unpaired) electrons. The molecule has 31 heavy (non-hydrogen) atoms. The van der Waals surface area contributed by atoms with Crippen molar-refractivity contribution in [2.45, 2.75) is 20.0 Å². The van der Waals surface area contributed by atoms with E-state index in [0.29, 0.717) is 36.6 Å². The Kier molecular flexibility index (Phi) is 6.05. The summed E-state index contributed by atoms with van der Waals surface area (Å²) in [5.41, 5.74) is 3.09. The van der Waals surface area contributed by atoms with Crippen molar-refractivity contribution in [2.24, 2.45) is 0 Å². The maximum Gasteiger partial charge on any atom is 0.231 e. The van der Waals surface area contributed by atoms with Gasteiger partial charge in [0.05, 0.1) is 17.7 Å². The van der Waals surface area contributed by atoms with Crippen molar-refractivity contribution in [1.82, 2.24) is 4.90 Å². The van der Waals surface area contributed by atoms with Crippen LogP contribution in [0.2, 0.25) is 0 Å².